The molecule has 2 aromatic heterocycles. The molecule has 1 saturated heterocycles. The van der Waals surface area contributed by atoms with Crippen LogP contribution in [0.15, 0.2) is 46.2 Å². The van der Waals surface area contributed by atoms with Gasteiger partial charge in [-0.2, -0.15) is 0 Å². The molecule has 162 valence electrons. The predicted molar refractivity (Wildman–Crippen MR) is 117 cm³/mol. The maximum Gasteiger partial charge on any atom is 0.319 e. The molecular formula is C22H23FN4O3S. The summed E-state index contributed by atoms with van der Waals surface area (Å²) in [6.07, 6.45) is 1.75. The highest BCUT2D eigenvalue weighted by molar-refractivity contribution is 7.13. The average molecular weight is 443 g/mol. The Morgan fingerprint density at radius 3 is 2.97 bits per heavy atom. The number of likely N-dealkylation sites (tertiary alicyclic amines) is 1. The molecule has 9 heteroatoms. The zero-order chi connectivity index (χ0) is 21.8. The van der Waals surface area contributed by atoms with Crippen LogP contribution in [0.3, 0.4) is 0 Å². The second-order valence-corrected chi connectivity index (χ2v) is 8.45. The highest BCUT2D eigenvalue weighted by Gasteiger charge is 2.28. The molecule has 0 aliphatic carbocycles. The van der Waals surface area contributed by atoms with Gasteiger partial charge in [-0.3, -0.25) is 4.79 Å². The van der Waals surface area contributed by atoms with E-state index in [4.69, 9.17) is 4.42 Å². The highest BCUT2D eigenvalue weighted by Crippen LogP contribution is 2.27. The molecule has 0 saturated carbocycles. The maximum atomic E-state index is 13.2. The molecule has 0 bridgehead atoms. The Hall–Kier alpha value is -3.20. The van der Waals surface area contributed by atoms with Crippen LogP contribution in [0.2, 0.25) is 0 Å². The average Bonchev–Trinajstić information content (AvgIpc) is 3.42. The minimum Gasteiger partial charge on any atom is -0.440 e. The van der Waals surface area contributed by atoms with Crippen LogP contribution >= 0.6 is 11.3 Å². The van der Waals surface area contributed by atoms with Crippen LogP contribution < -0.4 is 10.6 Å². The summed E-state index contributed by atoms with van der Waals surface area (Å²) >= 11 is 1.51. The van der Waals surface area contributed by atoms with Gasteiger partial charge in [0.25, 0.3) is 5.91 Å². The molecule has 0 radical (unpaired) electrons. The Morgan fingerprint density at radius 2 is 2.19 bits per heavy atom. The van der Waals surface area contributed by atoms with Crippen molar-refractivity contribution in [3.8, 4) is 10.8 Å². The molecule has 1 aliphatic heterocycles. The summed E-state index contributed by atoms with van der Waals surface area (Å²) in [5.41, 5.74) is 0.724. The number of halogens is 1. The molecule has 1 aliphatic rings. The molecule has 7 nitrogen and oxygen atoms in total. The Balaban J connectivity index is 1.33. The van der Waals surface area contributed by atoms with Crippen LogP contribution in [0, 0.1) is 18.7 Å². The zero-order valence-corrected chi connectivity index (χ0v) is 17.9. The van der Waals surface area contributed by atoms with Crippen molar-refractivity contribution < 1.29 is 18.4 Å². The Labute approximate surface area is 183 Å². The smallest absolute Gasteiger partial charge is 0.319 e. The van der Waals surface area contributed by atoms with E-state index in [0.717, 1.165) is 17.7 Å². The van der Waals surface area contributed by atoms with Crippen LogP contribution in [0.5, 0.6) is 0 Å². The van der Waals surface area contributed by atoms with E-state index < -0.39 is 11.8 Å². The van der Waals surface area contributed by atoms with Gasteiger partial charge in [0.05, 0.1) is 4.88 Å². The first kappa shape index (κ1) is 21.0. The van der Waals surface area contributed by atoms with E-state index in [1.165, 1.54) is 29.5 Å². The first-order valence-corrected chi connectivity index (χ1v) is 11.0. The molecule has 1 unspecified atom stereocenters. The Bertz CT molecular complexity index is 1070. The van der Waals surface area contributed by atoms with E-state index in [2.05, 4.69) is 15.6 Å². The predicted octanol–water partition coefficient (Wildman–Crippen LogP) is 4.52. The van der Waals surface area contributed by atoms with Crippen molar-refractivity contribution in [2.24, 2.45) is 5.92 Å². The van der Waals surface area contributed by atoms with Gasteiger partial charge in [-0.1, -0.05) is 12.1 Å². The van der Waals surface area contributed by atoms with Crippen molar-refractivity contribution >= 4 is 29.0 Å². The molecule has 2 N–H and O–H groups in total. The number of nitrogens with zero attached hydrogens (tertiary/aromatic N) is 2. The fourth-order valence-corrected chi connectivity index (χ4v) is 4.29. The number of nitrogens with one attached hydrogen (secondary N) is 2. The fraction of sp³-hybridized carbons (Fsp3) is 0.318. The molecular weight excluding hydrogens is 419 g/mol. The van der Waals surface area contributed by atoms with Gasteiger partial charge >= 0.3 is 6.03 Å². The number of aromatic nitrogens is 1. The van der Waals surface area contributed by atoms with Crippen LogP contribution in [0.4, 0.5) is 14.9 Å². The minimum absolute atomic E-state index is 0.125. The SMILES string of the molecule is Cc1oc(-c2cccs2)nc1C(=O)N1CCCC(CNC(=O)Nc2cccc(F)c2)C1. The third kappa shape index (κ3) is 5.11. The Kier molecular flexibility index (Phi) is 6.31. The van der Waals surface area contributed by atoms with Gasteiger partial charge in [-0.25, -0.2) is 14.2 Å². The summed E-state index contributed by atoms with van der Waals surface area (Å²) in [5, 5.41) is 7.36. The third-order valence-corrected chi connectivity index (χ3v) is 6.03. The number of carbonyl (C=O) groups is 2. The van der Waals surface area contributed by atoms with Crippen molar-refractivity contribution in [1.29, 1.82) is 0 Å². The summed E-state index contributed by atoms with van der Waals surface area (Å²) in [6.45, 7) is 3.34. The number of urea groups is 1. The molecule has 3 amide bonds. The lowest BCUT2D eigenvalue weighted by Gasteiger charge is -2.32. The third-order valence-electron chi connectivity index (χ3n) is 5.17. The quantitative estimate of drug-likeness (QED) is 0.608. The van der Waals surface area contributed by atoms with Crippen LogP contribution in [-0.2, 0) is 0 Å². The maximum absolute atomic E-state index is 13.2. The van der Waals surface area contributed by atoms with E-state index in [-0.39, 0.29) is 11.8 Å². The van der Waals surface area contributed by atoms with Gasteiger partial charge in [0.1, 0.15) is 11.6 Å². The molecule has 1 aromatic carbocycles. The molecule has 1 atom stereocenters. The van der Waals surface area contributed by atoms with Crippen LogP contribution in [-0.4, -0.2) is 41.5 Å². The van der Waals surface area contributed by atoms with Crippen LogP contribution in [0.25, 0.3) is 10.8 Å². The first-order valence-electron chi connectivity index (χ1n) is 10.1. The first-order chi connectivity index (χ1) is 15.0. The summed E-state index contributed by atoms with van der Waals surface area (Å²) in [5.74, 6) is 0.519. The summed E-state index contributed by atoms with van der Waals surface area (Å²) < 4.78 is 18.9. The van der Waals surface area contributed by atoms with Gasteiger partial charge in [0.2, 0.25) is 5.89 Å². The van der Waals surface area contributed by atoms with Gasteiger partial charge in [-0.15, -0.1) is 11.3 Å². The number of hydrogen-bond donors (Lipinski definition) is 2. The van der Waals surface area contributed by atoms with Crippen molar-refractivity contribution in [2.75, 3.05) is 25.0 Å². The monoisotopic (exact) mass is 442 g/mol. The van der Waals surface area contributed by atoms with Gasteiger partial charge < -0.3 is 20.0 Å². The fourth-order valence-electron chi connectivity index (χ4n) is 3.64. The number of benzene rings is 1. The van der Waals surface area contributed by atoms with Gasteiger partial charge in [0.15, 0.2) is 5.69 Å². The number of piperidine rings is 1. The summed E-state index contributed by atoms with van der Waals surface area (Å²) in [7, 11) is 0. The van der Waals surface area contributed by atoms with Gasteiger partial charge in [-0.05, 0) is 55.3 Å². The number of aryl methyl sites for hydroxylation is 1. The van der Waals surface area contributed by atoms with Crippen molar-refractivity contribution in [2.45, 2.75) is 19.8 Å². The lowest BCUT2D eigenvalue weighted by Crippen LogP contribution is -2.44. The largest absolute Gasteiger partial charge is 0.440 e. The minimum atomic E-state index is -0.412. The van der Waals surface area contributed by atoms with E-state index >= 15 is 0 Å². The van der Waals surface area contributed by atoms with Crippen molar-refractivity contribution in [3.63, 3.8) is 0 Å². The topological polar surface area (TPSA) is 87.5 Å². The number of thiophene rings is 1. The van der Waals surface area contributed by atoms with E-state index in [1.54, 1.807) is 17.9 Å². The van der Waals surface area contributed by atoms with Gasteiger partial charge in [0, 0.05) is 25.3 Å². The lowest BCUT2D eigenvalue weighted by molar-refractivity contribution is 0.0668. The number of amides is 3. The molecule has 3 heterocycles. The van der Waals surface area contributed by atoms with E-state index in [0.29, 0.717) is 42.7 Å². The molecule has 31 heavy (non-hydrogen) atoms. The van der Waals surface area contributed by atoms with Crippen molar-refractivity contribution in [1.82, 2.24) is 15.2 Å². The normalized spacial score (nSPS) is 16.2. The summed E-state index contributed by atoms with van der Waals surface area (Å²) in [4.78, 5) is 32.2. The number of oxazole rings is 1. The highest BCUT2D eigenvalue weighted by atomic mass is 32.1. The number of carbonyl (C=O) groups excluding carboxylic acids is 2. The number of hydrogen-bond acceptors (Lipinski definition) is 5. The Morgan fingerprint density at radius 1 is 1.32 bits per heavy atom. The second kappa shape index (κ2) is 9.30. The summed E-state index contributed by atoms with van der Waals surface area (Å²) in [6, 6.07) is 9.14. The molecule has 4 rings (SSSR count). The number of rotatable bonds is 5. The standard InChI is InChI=1S/C22H23FN4O3S/c1-14-19(26-20(30-14)18-8-4-10-31-18)21(28)27-9-3-5-15(13-27)12-24-22(29)25-17-7-2-6-16(23)11-17/h2,4,6-8,10-11,15H,3,5,9,12-13H2,1H3,(H2,24,25,29). The molecule has 1 fully saturated rings. The molecule has 3 aromatic rings. The number of anilines is 1. The van der Waals surface area contributed by atoms with Crippen molar-refractivity contribution in [3.05, 3.63) is 59.0 Å². The van der Waals surface area contributed by atoms with Crippen LogP contribution in [0.1, 0.15) is 29.1 Å². The molecule has 0 spiro atoms. The van der Waals surface area contributed by atoms with E-state index in [1.807, 2.05) is 17.5 Å². The zero-order valence-electron chi connectivity index (χ0n) is 17.1. The lowest BCUT2D eigenvalue weighted by atomic mass is 9.97. The second-order valence-electron chi connectivity index (χ2n) is 7.51. The van der Waals surface area contributed by atoms with E-state index in [9.17, 15) is 14.0 Å².